The van der Waals surface area contributed by atoms with Crippen LogP contribution in [0.3, 0.4) is 0 Å². The summed E-state index contributed by atoms with van der Waals surface area (Å²) in [7, 11) is 0. The first-order chi connectivity index (χ1) is 6.45. The Bertz CT molecular complexity index is 176. The van der Waals surface area contributed by atoms with Gasteiger partial charge in [0, 0.05) is 0 Å². The minimum absolute atomic E-state index is 0.721. The van der Waals surface area contributed by atoms with E-state index in [2.05, 4.69) is 41.5 Å². The van der Waals surface area contributed by atoms with Gasteiger partial charge in [0.25, 0.3) is 0 Å². The average Bonchev–Trinajstić information content (AvgIpc) is 2.95. The van der Waals surface area contributed by atoms with Crippen molar-refractivity contribution in [3.63, 3.8) is 0 Å². The largest absolute Gasteiger partial charge is 0.0651 e. The zero-order chi connectivity index (χ0) is 10.9. The second-order valence-electron chi connectivity index (χ2n) is 5.93. The maximum atomic E-state index is 2.49. The van der Waals surface area contributed by atoms with Crippen LogP contribution >= 0.6 is 0 Å². The minimum Gasteiger partial charge on any atom is -0.0651 e. The molecule has 84 valence electrons. The number of hydrogen-bond acceptors (Lipinski definition) is 0. The molecule has 0 aromatic rings. The van der Waals surface area contributed by atoms with Crippen LogP contribution in [0.2, 0.25) is 0 Å². The summed E-state index contributed by atoms with van der Waals surface area (Å²) in [5, 5.41) is 0. The van der Waals surface area contributed by atoms with Crippen LogP contribution in [-0.2, 0) is 0 Å². The zero-order valence-corrected chi connectivity index (χ0v) is 10.9. The van der Waals surface area contributed by atoms with E-state index in [1.807, 2.05) is 0 Å². The SMILES string of the molecule is CCC(C)C1(C(C)C(C)C(C)C)CC1. The van der Waals surface area contributed by atoms with Gasteiger partial charge in [0.05, 0.1) is 0 Å². The first-order valence-corrected chi connectivity index (χ1v) is 6.45. The molecule has 0 N–H and O–H groups in total. The van der Waals surface area contributed by atoms with Crippen LogP contribution in [0.25, 0.3) is 0 Å². The van der Waals surface area contributed by atoms with Crippen molar-refractivity contribution in [3.05, 3.63) is 0 Å². The molecule has 3 unspecified atom stereocenters. The van der Waals surface area contributed by atoms with Gasteiger partial charge in [0.15, 0.2) is 0 Å². The van der Waals surface area contributed by atoms with E-state index in [1.54, 1.807) is 0 Å². The standard InChI is InChI=1S/C14H28/c1-7-11(4)14(8-9-14)13(6)12(5)10(2)3/h10-13H,7-9H2,1-6H3. The van der Waals surface area contributed by atoms with Crippen molar-refractivity contribution < 1.29 is 0 Å². The molecular weight excluding hydrogens is 168 g/mol. The summed E-state index contributed by atoms with van der Waals surface area (Å²) in [5.41, 5.74) is 0.721. The first-order valence-electron chi connectivity index (χ1n) is 6.45. The molecular formula is C14H28. The van der Waals surface area contributed by atoms with Gasteiger partial charge < -0.3 is 0 Å². The summed E-state index contributed by atoms with van der Waals surface area (Å²) >= 11 is 0. The van der Waals surface area contributed by atoms with E-state index in [-0.39, 0.29) is 0 Å². The highest BCUT2D eigenvalue weighted by Gasteiger charge is 2.51. The summed E-state index contributed by atoms with van der Waals surface area (Å²) < 4.78 is 0. The molecule has 1 rings (SSSR count). The average molecular weight is 196 g/mol. The van der Waals surface area contributed by atoms with Crippen LogP contribution < -0.4 is 0 Å². The summed E-state index contributed by atoms with van der Waals surface area (Å²) in [6, 6.07) is 0. The Morgan fingerprint density at radius 3 is 1.79 bits per heavy atom. The second-order valence-corrected chi connectivity index (χ2v) is 5.93. The van der Waals surface area contributed by atoms with Crippen LogP contribution in [-0.4, -0.2) is 0 Å². The fraction of sp³-hybridized carbons (Fsp3) is 1.00. The van der Waals surface area contributed by atoms with Crippen molar-refractivity contribution in [1.29, 1.82) is 0 Å². The first kappa shape index (κ1) is 12.1. The molecule has 0 aromatic heterocycles. The molecule has 1 aliphatic carbocycles. The smallest absolute Gasteiger partial charge is 0.0243 e. The third-order valence-corrected chi connectivity index (χ3v) is 5.17. The third-order valence-electron chi connectivity index (χ3n) is 5.17. The predicted molar refractivity (Wildman–Crippen MR) is 64.3 cm³/mol. The van der Waals surface area contributed by atoms with Crippen LogP contribution in [0.4, 0.5) is 0 Å². The van der Waals surface area contributed by atoms with Gasteiger partial charge in [0.2, 0.25) is 0 Å². The van der Waals surface area contributed by atoms with E-state index in [0.717, 1.165) is 29.1 Å². The lowest BCUT2D eigenvalue weighted by Crippen LogP contribution is -2.28. The monoisotopic (exact) mass is 196 g/mol. The van der Waals surface area contributed by atoms with Crippen molar-refractivity contribution >= 4 is 0 Å². The molecule has 0 nitrogen and oxygen atoms in total. The van der Waals surface area contributed by atoms with Gasteiger partial charge in [-0.15, -0.1) is 0 Å². The lowest BCUT2D eigenvalue weighted by Gasteiger charge is -2.35. The fourth-order valence-corrected chi connectivity index (χ4v) is 3.05. The van der Waals surface area contributed by atoms with Gasteiger partial charge in [-0.05, 0) is 41.9 Å². The van der Waals surface area contributed by atoms with Crippen LogP contribution in [0, 0.1) is 29.1 Å². The Kier molecular flexibility index (Phi) is 3.66. The quantitative estimate of drug-likeness (QED) is 0.595. The van der Waals surface area contributed by atoms with Gasteiger partial charge in [-0.25, -0.2) is 0 Å². The Balaban J connectivity index is 2.64. The zero-order valence-electron chi connectivity index (χ0n) is 10.9. The summed E-state index contributed by atoms with van der Waals surface area (Å²) in [4.78, 5) is 0. The molecule has 14 heavy (non-hydrogen) atoms. The van der Waals surface area contributed by atoms with E-state index in [4.69, 9.17) is 0 Å². The van der Waals surface area contributed by atoms with Gasteiger partial charge in [-0.2, -0.15) is 0 Å². The van der Waals surface area contributed by atoms with Crippen molar-refractivity contribution in [2.45, 2.75) is 60.8 Å². The molecule has 0 bridgehead atoms. The molecule has 0 heterocycles. The van der Waals surface area contributed by atoms with Crippen molar-refractivity contribution in [3.8, 4) is 0 Å². The fourth-order valence-electron chi connectivity index (χ4n) is 3.05. The van der Waals surface area contributed by atoms with Crippen molar-refractivity contribution in [2.24, 2.45) is 29.1 Å². The van der Waals surface area contributed by atoms with E-state index < -0.39 is 0 Å². The molecule has 1 saturated carbocycles. The van der Waals surface area contributed by atoms with Crippen LogP contribution in [0.5, 0.6) is 0 Å². The molecule has 0 amide bonds. The summed E-state index contributed by atoms with van der Waals surface area (Å²) in [6.45, 7) is 14.5. The maximum Gasteiger partial charge on any atom is -0.0243 e. The van der Waals surface area contributed by atoms with Gasteiger partial charge in [0.1, 0.15) is 0 Å². The van der Waals surface area contributed by atoms with E-state index in [9.17, 15) is 0 Å². The molecule has 1 aliphatic rings. The summed E-state index contributed by atoms with van der Waals surface area (Å²) in [6.07, 6.45) is 4.33. The highest BCUT2D eigenvalue weighted by molar-refractivity contribution is 5.01. The summed E-state index contributed by atoms with van der Waals surface area (Å²) in [5.74, 6) is 3.56. The number of rotatable bonds is 5. The molecule has 0 aromatic carbocycles. The molecule has 0 radical (unpaired) electrons. The van der Waals surface area contributed by atoms with E-state index in [1.165, 1.54) is 19.3 Å². The van der Waals surface area contributed by atoms with Gasteiger partial charge >= 0.3 is 0 Å². The van der Waals surface area contributed by atoms with E-state index >= 15 is 0 Å². The lowest BCUT2D eigenvalue weighted by atomic mass is 9.70. The van der Waals surface area contributed by atoms with E-state index in [0.29, 0.717) is 0 Å². The Hall–Kier alpha value is 0. The molecule has 3 atom stereocenters. The van der Waals surface area contributed by atoms with Gasteiger partial charge in [-0.3, -0.25) is 0 Å². The van der Waals surface area contributed by atoms with Crippen LogP contribution in [0.15, 0.2) is 0 Å². The molecule has 1 fully saturated rings. The van der Waals surface area contributed by atoms with Crippen molar-refractivity contribution in [1.82, 2.24) is 0 Å². The molecule has 0 heteroatoms. The topological polar surface area (TPSA) is 0 Å². The minimum atomic E-state index is 0.721. The molecule has 0 spiro atoms. The second kappa shape index (κ2) is 4.24. The van der Waals surface area contributed by atoms with Crippen molar-refractivity contribution in [2.75, 3.05) is 0 Å². The maximum absolute atomic E-state index is 2.49. The highest BCUT2D eigenvalue weighted by atomic mass is 14.6. The predicted octanol–water partition coefficient (Wildman–Crippen LogP) is 4.74. The lowest BCUT2D eigenvalue weighted by molar-refractivity contribution is 0.137. The Labute approximate surface area is 90.5 Å². The highest BCUT2D eigenvalue weighted by Crippen LogP contribution is 2.60. The molecule has 0 saturated heterocycles. The Morgan fingerprint density at radius 2 is 1.50 bits per heavy atom. The third kappa shape index (κ3) is 1.99. The Morgan fingerprint density at radius 1 is 1.00 bits per heavy atom. The van der Waals surface area contributed by atoms with Crippen LogP contribution in [0.1, 0.15) is 60.8 Å². The molecule has 0 aliphatic heterocycles. The van der Waals surface area contributed by atoms with Gasteiger partial charge in [-0.1, -0.05) is 48.0 Å². The number of hydrogen-bond donors (Lipinski definition) is 0. The normalized spacial score (nSPS) is 25.9.